The predicted octanol–water partition coefficient (Wildman–Crippen LogP) is 4.45. The van der Waals surface area contributed by atoms with Gasteiger partial charge < -0.3 is 10.1 Å². The van der Waals surface area contributed by atoms with E-state index in [9.17, 15) is 13.2 Å². The van der Waals surface area contributed by atoms with Gasteiger partial charge in [-0.05, 0) is 53.9 Å². The lowest BCUT2D eigenvalue weighted by Gasteiger charge is -2.24. The minimum atomic E-state index is -4.32. The van der Waals surface area contributed by atoms with Gasteiger partial charge in [0.2, 0.25) is 0 Å². The van der Waals surface area contributed by atoms with Crippen molar-refractivity contribution in [1.82, 2.24) is 0 Å². The molecule has 0 bridgehead atoms. The fraction of sp³-hybridized carbons (Fsp3) is 0.538. The Bertz CT molecular complexity index is 456. The first kappa shape index (κ1) is 14.7. The third kappa shape index (κ3) is 3.63. The number of alkyl halides is 3. The first-order valence-corrected chi connectivity index (χ1v) is 6.84. The van der Waals surface area contributed by atoms with Gasteiger partial charge in [-0.1, -0.05) is 0 Å². The summed E-state index contributed by atoms with van der Waals surface area (Å²) in [6.07, 6.45) is -2.34. The molecule has 1 aliphatic rings. The average Bonchev–Trinajstić information content (AvgIpc) is 2.74. The molecule has 19 heavy (non-hydrogen) atoms. The fourth-order valence-electron chi connectivity index (χ4n) is 2.09. The Morgan fingerprint density at radius 1 is 1.42 bits per heavy atom. The molecule has 2 rings (SSSR count). The summed E-state index contributed by atoms with van der Waals surface area (Å²) < 4.78 is 43.6. The van der Waals surface area contributed by atoms with Crippen LogP contribution in [0.1, 0.15) is 25.3 Å². The lowest BCUT2D eigenvalue weighted by molar-refractivity contribution is -0.137. The van der Waals surface area contributed by atoms with Crippen molar-refractivity contribution in [3.05, 3.63) is 28.2 Å². The van der Waals surface area contributed by atoms with E-state index in [0.29, 0.717) is 16.7 Å². The number of benzene rings is 1. The van der Waals surface area contributed by atoms with Gasteiger partial charge >= 0.3 is 6.18 Å². The van der Waals surface area contributed by atoms with Crippen molar-refractivity contribution in [3.63, 3.8) is 0 Å². The second-order valence-electron chi connectivity index (χ2n) is 4.95. The van der Waals surface area contributed by atoms with Gasteiger partial charge in [0.05, 0.1) is 11.2 Å². The highest BCUT2D eigenvalue weighted by Crippen LogP contribution is 2.34. The van der Waals surface area contributed by atoms with Crippen LogP contribution in [0, 0.1) is 0 Å². The molecule has 1 heterocycles. The molecule has 106 valence electrons. The predicted molar refractivity (Wildman–Crippen MR) is 71.2 cm³/mol. The van der Waals surface area contributed by atoms with E-state index in [1.807, 2.05) is 6.92 Å². The first-order valence-electron chi connectivity index (χ1n) is 6.05. The Labute approximate surface area is 118 Å². The van der Waals surface area contributed by atoms with E-state index >= 15 is 0 Å². The monoisotopic (exact) mass is 337 g/mol. The highest BCUT2D eigenvalue weighted by Gasteiger charge is 2.32. The molecule has 0 aliphatic carbocycles. The SMILES string of the molecule is CC1(CNc2ccc(C(F)(F)F)cc2Br)CCCO1. The molecule has 0 aromatic heterocycles. The van der Waals surface area contributed by atoms with E-state index in [2.05, 4.69) is 21.2 Å². The van der Waals surface area contributed by atoms with Crippen LogP contribution in [0.5, 0.6) is 0 Å². The van der Waals surface area contributed by atoms with Crippen LogP contribution in [0.25, 0.3) is 0 Å². The van der Waals surface area contributed by atoms with Crippen molar-refractivity contribution in [2.75, 3.05) is 18.5 Å². The third-order valence-electron chi connectivity index (χ3n) is 3.25. The normalized spacial score (nSPS) is 23.6. The zero-order valence-electron chi connectivity index (χ0n) is 10.5. The quantitative estimate of drug-likeness (QED) is 0.879. The Morgan fingerprint density at radius 3 is 2.68 bits per heavy atom. The smallest absolute Gasteiger partial charge is 0.381 e. The zero-order valence-corrected chi connectivity index (χ0v) is 12.1. The van der Waals surface area contributed by atoms with Crippen LogP contribution in [0.15, 0.2) is 22.7 Å². The second kappa shape index (κ2) is 5.32. The van der Waals surface area contributed by atoms with Crippen LogP contribution in [-0.2, 0) is 10.9 Å². The van der Waals surface area contributed by atoms with Gasteiger partial charge in [0.1, 0.15) is 0 Å². The lowest BCUT2D eigenvalue weighted by atomic mass is 10.0. The van der Waals surface area contributed by atoms with Crippen LogP contribution < -0.4 is 5.32 Å². The van der Waals surface area contributed by atoms with Crippen LogP contribution in [0.2, 0.25) is 0 Å². The molecule has 1 N–H and O–H groups in total. The molecule has 0 saturated carbocycles. The topological polar surface area (TPSA) is 21.3 Å². The highest BCUT2D eigenvalue weighted by molar-refractivity contribution is 9.10. The summed E-state index contributed by atoms with van der Waals surface area (Å²) in [5.41, 5.74) is -0.250. The summed E-state index contributed by atoms with van der Waals surface area (Å²) in [7, 11) is 0. The van der Waals surface area contributed by atoms with Gasteiger partial charge in [-0.25, -0.2) is 0 Å². The van der Waals surface area contributed by atoms with Gasteiger partial charge in [-0.15, -0.1) is 0 Å². The van der Waals surface area contributed by atoms with Crippen LogP contribution >= 0.6 is 15.9 Å². The van der Waals surface area contributed by atoms with Crippen LogP contribution in [0.4, 0.5) is 18.9 Å². The van der Waals surface area contributed by atoms with Crippen molar-refractivity contribution in [2.45, 2.75) is 31.5 Å². The van der Waals surface area contributed by atoms with Crippen molar-refractivity contribution < 1.29 is 17.9 Å². The van der Waals surface area contributed by atoms with E-state index < -0.39 is 11.7 Å². The summed E-state index contributed by atoms with van der Waals surface area (Å²) in [4.78, 5) is 0. The number of anilines is 1. The number of hydrogen-bond acceptors (Lipinski definition) is 2. The van der Waals surface area contributed by atoms with Gasteiger partial charge in [0, 0.05) is 23.3 Å². The second-order valence-corrected chi connectivity index (χ2v) is 5.80. The molecule has 1 unspecified atom stereocenters. The average molecular weight is 338 g/mol. The van der Waals surface area contributed by atoms with Crippen molar-refractivity contribution in [3.8, 4) is 0 Å². The standard InChI is InChI=1S/C13H15BrF3NO/c1-12(5-2-6-19-12)8-18-11-4-3-9(7-10(11)14)13(15,16)17/h3-4,7,18H,2,5-6,8H2,1H3. The Hall–Kier alpha value is -0.750. The number of halogens is 4. The molecule has 0 spiro atoms. The Balaban J connectivity index is 2.05. The Kier molecular flexibility index (Phi) is 4.11. The van der Waals surface area contributed by atoms with Crippen molar-refractivity contribution in [1.29, 1.82) is 0 Å². The maximum atomic E-state index is 12.5. The largest absolute Gasteiger partial charge is 0.416 e. The highest BCUT2D eigenvalue weighted by atomic mass is 79.9. The van der Waals surface area contributed by atoms with Gasteiger partial charge in [0.15, 0.2) is 0 Å². The molecule has 1 aliphatic heterocycles. The van der Waals surface area contributed by atoms with Crippen LogP contribution in [-0.4, -0.2) is 18.8 Å². The van der Waals surface area contributed by atoms with Crippen molar-refractivity contribution >= 4 is 21.6 Å². The molecule has 1 fully saturated rings. The molecule has 6 heteroatoms. The number of nitrogens with one attached hydrogen (secondary N) is 1. The summed E-state index contributed by atoms with van der Waals surface area (Å²) in [5, 5.41) is 3.13. The maximum Gasteiger partial charge on any atom is 0.416 e. The molecule has 1 aromatic rings. The minimum Gasteiger partial charge on any atom is -0.381 e. The molecule has 1 saturated heterocycles. The van der Waals surface area contributed by atoms with Crippen molar-refractivity contribution in [2.24, 2.45) is 0 Å². The van der Waals surface area contributed by atoms with Gasteiger partial charge in [-0.2, -0.15) is 13.2 Å². The van der Waals surface area contributed by atoms with E-state index in [1.165, 1.54) is 6.07 Å². The first-order chi connectivity index (χ1) is 8.80. The summed E-state index contributed by atoms with van der Waals surface area (Å²) in [6, 6.07) is 3.59. The zero-order chi connectivity index (χ0) is 14.1. The fourth-order valence-corrected chi connectivity index (χ4v) is 2.61. The molecule has 1 aromatic carbocycles. The molecular weight excluding hydrogens is 323 g/mol. The summed E-state index contributed by atoms with van der Waals surface area (Å²) in [5.74, 6) is 0. The molecular formula is C13H15BrF3NO. The molecule has 1 atom stereocenters. The number of rotatable bonds is 3. The van der Waals surface area contributed by atoms with E-state index in [1.54, 1.807) is 0 Å². The van der Waals surface area contributed by atoms with E-state index in [0.717, 1.165) is 31.6 Å². The van der Waals surface area contributed by atoms with Gasteiger partial charge in [0.25, 0.3) is 0 Å². The summed E-state index contributed by atoms with van der Waals surface area (Å²) in [6.45, 7) is 3.33. The summed E-state index contributed by atoms with van der Waals surface area (Å²) >= 11 is 3.16. The minimum absolute atomic E-state index is 0.234. The van der Waals surface area contributed by atoms with E-state index in [4.69, 9.17) is 4.74 Å². The van der Waals surface area contributed by atoms with Gasteiger partial charge in [-0.3, -0.25) is 0 Å². The number of hydrogen-bond donors (Lipinski definition) is 1. The maximum absolute atomic E-state index is 12.5. The van der Waals surface area contributed by atoms with E-state index in [-0.39, 0.29) is 5.60 Å². The Morgan fingerprint density at radius 2 is 2.16 bits per heavy atom. The molecule has 2 nitrogen and oxygen atoms in total. The third-order valence-corrected chi connectivity index (χ3v) is 3.91. The molecule has 0 radical (unpaired) electrons. The number of ether oxygens (including phenoxy) is 1. The van der Waals surface area contributed by atoms with Crippen LogP contribution in [0.3, 0.4) is 0 Å². The molecule has 0 amide bonds. The lowest BCUT2D eigenvalue weighted by Crippen LogP contribution is -2.32.